The molecule has 0 atom stereocenters. The van der Waals surface area contributed by atoms with Gasteiger partial charge in [-0.1, -0.05) is 0 Å². The highest BCUT2D eigenvalue weighted by atomic mass is 32.3. The molecule has 88 valence electrons. The monoisotopic (exact) mass is 232 g/mol. The molecule has 0 aliphatic rings. The van der Waals surface area contributed by atoms with Crippen molar-refractivity contribution in [3.8, 4) is 0 Å². The Morgan fingerprint density at radius 3 is 1.43 bits per heavy atom. The fourth-order valence-corrected chi connectivity index (χ4v) is 0.387. The van der Waals surface area contributed by atoms with E-state index in [1.165, 1.54) is 0 Å². The van der Waals surface area contributed by atoms with Gasteiger partial charge in [-0.3, -0.25) is 9.11 Å². The molecule has 14 heavy (non-hydrogen) atoms. The Morgan fingerprint density at radius 1 is 0.929 bits per heavy atom. The molecule has 7 nitrogen and oxygen atoms in total. The molecule has 0 aromatic heterocycles. The Labute approximate surface area is 83.5 Å². The second-order valence-corrected chi connectivity index (χ2v) is 2.94. The van der Waals surface area contributed by atoms with Crippen molar-refractivity contribution in [1.29, 1.82) is 0 Å². The molecule has 0 saturated carbocycles. The van der Waals surface area contributed by atoms with Crippen LogP contribution in [0.4, 0.5) is 0 Å². The van der Waals surface area contributed by atoms with Gasteiger partial charge in [-0.05, 0) is 0 Å². The molecule has 0 bridgehead atoms. The Kier molecular flexibility index (Phi) is 12.5. The summed E-state index contributed by atoms with van der Waals surface area (Å²) < 4.78 is 46.2. The molecular formula is C6H16O7S. The smallest absolute Gasteiger partial charge is 0.382 e. The standard InChI is InChI=1S/C6H14O3.H2O4S/c1-7-3-5-9-6-4-8-2;1-5(2,3)4/h3-6H2,1-2H3;(H2,1,2,3,4). The van der Waals surface area contributed by atoms with E-state index in [2.05, 4.69) is 0 Å². The van der Waals surface area contributed by atoms with E-state index in [4.69, 9.17) is 31.7 Å². The molecule has 0 aliphatic heterocycles. The van der Waals surface area contributed by atoms with Gasteiger partial charge in [-0.2, -0.15) is 8.42 Å². The first-order valence-corrected chi connectivity index (χ1v) is 5.07. The van der Waals surface area contributed by atoms with E-state index in [0.29, 0.717) is 26.4 Å². The maximum Gasteiger partial charge on any atom is 0.394 e. The normalized spacial score (nSPS) is 10.6. The van der Waals surface area contributed by atoms with Gasteiger partial charge in [0.25, 0.3) is 0 Å². The van der Waals surface area contributed by atoms with Crippen LogP contribution in [0.5, 0.6) is 0 Å². The van der Waals surface area contributed by atoms with Crippen LogP contribution in [0.25, 0.3) is 0 Å². The lowest BCUT2D eigenvalue weighted by molar-refractivity contribution is 0.0385. The van der Waals surface area contributed by atoms with E-state index in [1.807, 2.05) is 0 Å². The van der Waals surface area contributed by atoms with Crippen molar-refractivity contribution in [1.82, 2.24) is 0 Å². The summed E-state index contributed by atoms with van der Waals surface area (Å²) in [6.07, 6.45) is 0. The molecule has 0 rings (SSSR count). The molecular weight excluding hydrogens is 216 g/mol. The zero-order valence-electron chi connectivity index (χ0n) is 8.17. The topological polar surface area (TPSA) is 102 Å². The number of methoxy groups -OCH3 is 2. The third-order valence-electron chi connectivity index (χ3n) is 0.864. The van der Waals surface area contributed by atoms with E-state index in [1.54, 1.807) is 14.2 Å². The fraction of sp³-hybridized carbons (Fsp3) is 1.00. The average Bonchev–Trinajstić information content (AvgIpc) is 2.01. The maximum atomic E-state index is 8.74. The van der Waals surface area contributed by atoms with Gasteiger partial charge in [0.05, 0.1) is 26.4 Å². The molecule has 0 unspecified atom stereocenters. The van der Waals surface area contributed by atoms with Crippen molar-refractivity contribution in [3.05, 3.63) is 0 Å². The van der Waals surface area contributed by atoms with Gasteiger partial charge in [0.15, 0.2) is 0 Å². The van der Waals surface area contributed by atoms with Crippen molar-refractivity contribution in [2.75, 3.05) is 40.6 Å². The number of hydrogen-bond acceptors (Lipinski definition) is 5. The Bertz CT molecular complexity index is 174. The minimum Gasteiger partial charge on any atom is -0.382 e. The summed E-state index contributed by atoms with van der Waals surface area (Å²) in [5.74, 6) is 0. The van der Waals surface area contributed by atoms with Crippen LogP contribution >= 0.6 is 0 Å². The highest BCUT2D eigenvalue weighted by Gasteiger charge is 1.85. The van der Waals surface area contributed by atoms with Gasteiger partial charge in [0.1, 0.15) is 0 Å². The molecule has 2 N–H and O–H groups in total. The minimum absolute atomic E-state index is 0.653. The summed E-state index contributed by atoms with van der Waals surface area (Å²) in [4.78, 5) is 0. The van der Waals surface area contributed by atoms with Crippen LogP contribution in [0.1, 0.15) is 0 Å². The summed E-state index contributed by atoms with van der Waals surface area (Å²) in [6, 6.07) is 0. The minimum atomic E-state index is -4.67. The number of hydrogen-bond donors (Lipinski definition) is 2. The molecule has 0 spiro atoms. The average molecular weight is 232 g/mol. The van der Waals surface area contributed by atoms with Gasteiger partial charge in [-0.25, -0.2) is 0 Å². The van der Waals surface area contributed by atoms with E-state index in [-0.39, 0.29) is 0 Å². The van der Waals surface area contributed by atoms with Crippen molar-refractivity contribution >= 4 is 10.4 Å². The number of rotatable bonds is 6. The number of ether oxygens (including phenoxy) is 3. The van der Waals surface area contributed by atoms with Crippen LogP contribution in [-0.4, -0.2) is 58.2 Å². The van der Waals surface area contributed by atoms with E-state index in [9.17, 15) is 0 Å². The second kappa shape index (κ2) is 10.8. The molecule has 0 aliphatic carbocycles. The summed E-state index contributed by atoms with van der Waals surface area (Å²) in [6.45, 7) is 2.62. The predicted octanol–water partition coefficient (Wildman–Crippen LogP) is -0.357. The Morgan fingerprint density at radius 2 is 1.21 bits per heavy atom. The van der Waals surface area contributed by atoms with Crippen LogP contribution < -0.4 is 0 Å². The van der Waals surface area contributed by atoms with Crippen molar-refractivity contribution in [2.24, 2.45) is 0 Å². The molecule has 0 fully saturated rings. The van der Waals surface area contributed by atoms with Gasteiger partial charge in [0, 0.05) is 14.2 Å². The van der Waals surface area contributed by atoms with Crippen LogP contribution in [0.15, 0.2) is 0 Å². The maximum absolute atomic E-state index is 8.74. The molecule has 0 aromatic rings. The predicted molar refractivity (Wildman–Crippen MR) is 48.7 cm³/mol. The summed E-state index contributed by atoms with van der Waals surface area (Å²) in [5, 5.41) is 0. The third-order valence-corrected chi connectivity index (χ3v) is 0.864. The first-order chi connectivity index (χ1) is 6.41. The van der Waals surface area contributed by atoms with Crippen molar-refractivity contribution < 1.29 is 31.7 Å². The quantitative estimate of drug-likeness (QED) is 0.476. The van der Waals surface area contributed by atoms with Crippen LogP contribution in [0.3, 0.4) is 0 Å². The molecule has 8 heteroatoms. The molecule has 0 radical (unpaired) electrons. The largest absolute Gasteiger partial charge is 0.394 e. The molecule has 0 saturated heterocycles. The lowest BCUT2D eigenvalue weighted by atomic mass is 10.7. The van der Waals surface area contributed by atoms with E-state index >= 15 is 0 Å². The van der Waals surface area contributed by atoms with E-state index < -0.39 is 10.4 Å². The zero-order chi connectivity index (χ0) is 11.4. The van der Waals surface area contributed by atoms with Crippen LogP contribution in [-0.2, 0) is 24.6 Å². The van der Waals surface area contributed by atoms with Crippen LogP contribution in [0, 0.1) is 0 Å². The molecule has 0 aromatic carbocycles. The fourth-order valence-electron chi connectivity index (χ4n) is 0.387. The Balaban J connectivity index is 0. The van der Waals surface area contributed by atoms with Gasteiger partial charge >= 0.3 is 10.4 Å². The highest BCUT2D eigenvalue weighted by molar-refractivity contribution is 7.79. The van der Waals surface area contributed by atoms with Gasteiger partial charge < -0.3 is 14.2 Å². The van der Waals surface area contributed by atoms with Crippen molar-refractivity contribution in [3.63, 3.8) is 0 Å². The van der Waals surface area contributed by atoms with E-state index in [0.717, 1.165) is 0 Å². The molecule has 0 heterocycles. The lowest BCUT2D eigenvalue weighted by Crippen LogP contribution is -2.06. The summed E-state index contributed by atoms with van der Waals surface area (Å²) in [5.41, 5.74) is 0. The van der Waals surface area contributed by atoms with Gasteiger partial charge in [-0.15, -0.1) is 0 Å². The van der Waals surface area contributed by atoms with Crippen LogP contribution in [0.2, 0.25) is 0 Å². The second-order valence-electron chi connectivity index (χ2n) is 2.05. The first kappa shape index (κ1) is 16.2. The summed E-state index contributed by atoms with van der Waals surface area (Å²) in [7, 11) is -1.36. The SMILES string of the molecule is COCCOCCOC.O=S(=O)(O)O. The lowest BCUT2D eigenvalue weighted by Gasteiger charge is -2.00. The third kappa shape index (κ3) is 41.1. The first-order valence-electron chi connectivity index (χ1n) is 3.67. The molecule has 0 amide bonds. The zero-order valence-corrected chi connectivity index (χ0v) is 8.99. The van der Waals surface area contributed by atoms with Gasteiger partial charge in [0.2, 0.25) is 0 Å². The Hall–Kier alpha value is -0.250. The summed E-state index contributed by atoms with van der Waals surface area (Å²) >= 11 is 0. The highest BCUT2D eigenvalue weighted by Crippen LogP contribution is 1.75. The van der Waals surface area contributed by atoms with Crippen molar-refractivity contribution in [2.45, 2.75) is 0 Å².